The minimum Gasteiger partial charge on any atom is -0.457 e. The Kier molecular flexibility index (Phi) is 5.57. The van der Waals surface area contributed by atoms with Crippen LogP contribution in [0.1, 0.15) is 29.6 Å². The minimum atomic E-state index is -0.149. The third kappa shape index (κ3) is 4.52. The molecule has 1 N–H and O–H groups in total. The smallest absolute Gasteiger partial charge is 0.255 e. The van der Waals surface area contributed by atoms with Crippen molar-refractivity contribution in [2.24, 2.45) is 0 Å². The fourth-order valence-electron chi connectivity index (χ4n) is 3.44. The van der Waals surface area contributed by atoms with E-state index in [1.807, 2.05) is 54.6 Å². The predicted molar refractivity (Wildman–Crippen MR) is 113 cm³/mol. The van der Waals surface area contributed by atoms with Crippen molar-refractivity contribution in [2.75, 3.05) is 23.3 Å². The lowest BCUT2D eigenvalue weighted by molar-refractivity contribution is 0.102. The van der Waals surface area contributed by atoms with Crippen LogP contribution < -0.4 is 15.0 Å². The Balaban J connectivity index is 1.41. The summed E-state index contributed by atoms with van der Waals surface area (Å²) >= 11 is 0. The number of hydrogen-bond donors (Lipinski definition) is 1. The van der Waals surface area contributed by atoms with Gasteiger partial charge in [0.15, 0.2) is 0 Å². The molecule has 1 amide bonds. The topological polar surface area (TPSA) is 41.6 Å². The molecule has 1 aliphatic rings. The van der Waals surface area contributed by atoms with Gasteiger partial charge in [0.2, 0.25) is 0 Å². The third-order valence-electron chi connectivity index (χ3n) is 4.92. The van der Waals surface area contributed by atoms with Gasteiger partial charge in [-0.1, -0.05) is 24.3 Å². The molecule has 4 heteroatoms. The normalized spacial score (nSPS) is 13.8. The van der Waals surface area contributed by atoms with Crippen molar-refractivity contribution in [3.05, 3.63) is 84.4 Å². The standard InChI is InChI=1S/C24H24N2O2/c27-24(19-8-7-11-23(18-19)28-22-9-3-1-4-10-22)25-20-12-14-21(15-13-20)26-16-5-2-6-17-26/h1,3-4,7-15,18H,2,5-6,16-17H2,(H,25,27). The summed E-state index contributed by atoms with van der Waals surface area (Å²) < 4.78 is 5.82. The van der Waals surface area contributed by atoms with Gasteiger partial charge in [-0.2, -0.15) is 0 Å². The van der Waals surface area contributed by atoms with E-state index in [1.54, 1.807) is 12.1 Å². The van der Waals surface area contributed by atoms with Gasteiger partial charge in [0.25, 0.3) is 5.91 Å². The van der Waals surface area contributed by atoms with E-state index in [0.717, 1.165) is 24.5 Å². The Labute approximate surface area is 165 Å². The van der Waals surface area contributed by atoms with E-state index in [2.05, 4.69) is 22.3 Å². The fourth-order valence-corrected chi connectivity index (χ4v) is 3.44. The number of anilines is 2. The number of nitrogens with one attached hydrogen (secondary N) is 1. The lowest BCUT2D eigenvalue weighted by Crippen LogP contribution is -2.29. The maximum atomic E-state index is 12.6. The molecular weight excluding hydrogens is 348 g/mol. The molecule has 0 saturated carbocycles. The highest BCUT2D eigenvalue weighted by Crippen LogP contribution is 2.24. The Morgan fingerprint density at radius 1 is 0.786 bits per heavy atom. The zero-order valence-corrected chi connectivity index (χ0v) is 15.8. The number of carbonyl (C=O) groups excluding carboxylic acids is 1. The Morgan fingerprint density at radius 3 is 2.25 bits per heavy atom. The number of amides is 1. The number of carbonyl (C=O) groups is 1. The van der Waals surface area contributed by atoms with E-state index < -0.39 is 0 Å². The van der Waals surface area contributed by atoms with Crippen LogP contribution in [0, 0.1) is 0 Å². The molecule has 4 nitrogen and oxygen atoms in total. The van der Waals surface area contributed by atoms with Crippen LogP contribution in [0.15, 0.2) is 78.9 Å². The number of piperidine rings is 1. The fraction of sp³-hybridized carbons (Fsp3) is 0.208. The molecule has 1 fully saturated rings. The number of para-hydroxylation sites is 1. The molecule has 3 aromatic carbocycles. The van der Waals surface area contributed by atoms with Gasteiger partial charge in [-0.25, -0.2) is 0 Å². The number of ether oxygens (including phenoxy) is 1. The lowest BCUT2D eigenvalue weighted by atomic mass is 10.1. The zero-order chi connectivity index (χ0) is 19.2. The number of hydrogen-bond acceptors (Lipinski definition) is 3. The molecule has 3 aromatic rings. The van der Waals surface area contributed by atoms with Gasteiger partial charge in [-0.15, -0.1) is 0 Å². The van der Waals surface area contributed by atoms with Gasteiger partial charge in [-0.05, 0) is 73.9 Å². The van der Waals surface area contributed by atoms with E-state index >= 15 is 0 Å². The van der Waals surface area contributed by atoms with Gasteiger partial charge in [-0.3, -0.25) is 4.79 Å². The molecule has 142 valence electrons. The molecule has 0 atom stereocenters. The van der Waals surface area contributed by atoms with Crippen LogP contribution >= 0.6 is 0 Å². The van der Waals surface area contributed by atoms with Crippen molar-refractivity contribution >= 4 is 17.3 Å². The van der Waals surface area contributed by atoms with Gasteiger partial charge in [0.1, 0.15) is 11.5 Å². The predicted octanol–water partition coefficient (Wildman–Crippen LogP) is 5.72. The molecule has 4 rings (SSSR count). The van der Waals surface area contributed by atoms with Crippen LogP contribution in [0.2, 0.25) is 0 Å². The molecule has 1 saturated heterocycles. The first-order valence-electron chi connectivity index (χ1n) is 9.77. The summed E-state index contributed by atoms with van der Waals surface area (Å²) in [5.74, 6) is 1.23. The number of benzene rings is 3. The summed E-state index contributed by atoms with van der Waals surface area (Å²) in [7, 11) is 0. The summed E-state index contributed by atoms with van der Waals surface area (Å²) in [5.41, 5.74) is 2.57. The van der Waals surface area contributed by atoms with Crippen molar-refractivity contribution in [1.82, 2.24) is 0 Å². The summed E-state index contributed by atoms with van der Waals surface area (Å²) in [6.45, 7) is 2.22. The molecule has 1 aliphatic heterocycles. The first-order chi connectivity index (χ1) is 13.8. The molecule has 0 radical (unpaired) electrons. The highest BCUT2D eigenvalue weighted by molar-refractivity contribution is 6.04. The molecule has 0 aliphatic carbocycles. The van der Waals surface area contributed by atoms with Crippen molar-refractivity contribution in [2.45, 2.75) is 19.3 Å². The molecule has 0 spiro atoms. The van der Waals surface area contributed by atoms with E-state index in [-0.39, 0.29) is 5.91 Å². The summed E-state index contributed by atoms with van der Waals surface area (Å²) in [6.07, 6.45) is 3.82. The van der Waals surface area contributed by atoms with Gasteiger partial charge in [0, 0.05) is 30.0 Å². The largest absolute Gasteiger partial charge is 0.457 e. The minimum absolute atomic E-state index is 0.149. The van der Waals surface area contributed by atoms with Crippen LogP contribution in [0.3, 0.4) is 0 Å². The van der Waals surface area contributed by atoms with Gasteiger partial charge in [0.05, 0.1) is 0 Å². The number of nitrogens with zero attached hydrogens (tertiary/aromatic N) is 1. The number of rotatable bonds is 5. The van der Waals surface area contributed by atoms with Crippen molar-refractivity contribution < 1.29 is 9.53 Å². The summed E-state index contributed by atoms with van der Waals surface area (Å²) in [4.78, 5) is 15.0. The molecule has 28 heavy (non-hydrogen) atoms. The maximum Gasteiger partial charge on any atom is 0.255 e. The van der Waals surface area contributed by atoms with Gasteiger partial charge >= 0.3 is 0 Å². The molecular formula is C24H24N2O2. The Morgan fingerprint density at radius 2 is 1.50 bits per heavy atom. The Hall–Kier alpha value is -3.27. The SMILES string of the molecule is O=C(Nc1ccc(N2CCCCC2)cc1)c1cccc(Oc2ccccc2)c1. The van der Waals surface area contributed by atoms with Crippen LogP contribution in [-0.2, 0) is 0 Å². The molecule has 0 unspecified atom stereocenters. The second-order valence-electron chi connectivity index (χ2n) is 6.99. The maximum absolute atomic E-state index is 12.6. The molecule has 0 aromatic heterocycles. The van der Waals surface area contributed by atoms with Crippen molar-refractivity contribution in [3.8, 4) is 11.5 Å². The first kappa shape index (κ1) is 18.1. The summed E-state index contributed by atoms with van der Waals surface area (Å²) in [5, 5.41) is 2.97. The highest BCUT2D eigenvalue weighted by Gasteiger charge is 2.12. The van der Waals surface area contributed by atoms with E-state index in [0.29, 0.717) is 11.3 Å². The summed E-state index contributed by atoms with van der Waals surface area (Å²) in [6, 6.07) is 24.8. The van der Waals surface area contributed by atoms with Crippen LogP contribution in [0.4, 0.5) is 11.4 Å². The second kappa shape index (κ2) is 8.61. The lowest BCUT2D eigenvalue weighted by Gasteiger charge is -2.28. The van der Waals surface area contributed by atoms with Crippen molar-refractivity contribution in [3.63, 3.8) is 0 Å². The van der Waals surface area contributed by atoms with Crippen LogP contribution in [0.25, 0.3) is 0 Å². The quantitative estimate of drug-likeness (QED) is 0.623. The Bertz CT molecular complexity index is 917. The average Bonchev–Trinajstić information content (AvgIpc) is 2.76. The highest BCUT2D eigenvalue weighted by atomic mass is 16.5. The van der Waals surface area contributed by atoms with Crippen LogP contribution in [0.5, 0.6) is 11.5 Å². The molecule has 0 bridgehead atoms. The molecule has 1 heterocycles. The van der Waals surface area contributed by atoms with E-state index in [1.165, 1.54) is 24.9 Å². The van der Waals surface area contributed by atoms with E-state index in [4.69, 9.17) is 4.74 Å². The second-order valence-corrected chi connectivity index (χ2v) is 6.99. The first-order valence-corrected chi connectivity index (χ1v) is 9.77. The van der Waals surface area contributed by atoms with E-state index in [9.17, 15) is 4.79 Å². The third-order valence-corrected chi connectivity index (χ3v) is 4.92. The van der Waals surface area contributed by atoms with Crippen molar-refractivity contribution in [1.29, 1.82) is 0 Å². The monoisotopic (exact) mass is 372 g/mol. The zero-order valence-electron chi connectivity index (χ0n) is 15.8. The van der Waals surface area contributed by atoms with Gasteiger partial charge < -0.3 is 15.0 Å². The van der Waals surface area contributed by atoms with Crippen LogP contribution in [-0.4, -0.2) is 19.0 Å². The average molecular weight is 372 g/mol.